The molecule has 0 bridgehead atoms. The van der Waals surface area contributed by atoms with Crippen molar-refractivity contribution in [3.63, 3.8) is 0 Å². The molecular formula is C10H18F3NO3. The summed E-state index contributed by atoms with van der Waals surface area (Å²) < 4.78 is 42.0. The number of rotatable bonds is 2. The third-order valence-corrected chi connectivity index (χ3v) is 1.86. The van der Waals surface area contributed by atoms with Gasteiger partial charge >= 0.3 is 12.3 Å². The highest BCUT2D eigenvalue weighted by molar-refractivity contribution is 5.67. The molecule has 1 atom stereocenters. The average molecular weight is 257 g/mol. The number of aliphatic hydroxyl groups is 1. The molecule has 0 saturated heterocycles. The molecule has 0 aromatic heterocycles. The highest BCUT2D eigenvalue weighted by Gasteiger charge is 2.51. The smallest absolute Gasteiger partial charge is 0.418 e. The van der Waals surface area contributed by atoms with Gasteiger partial charge in [-0.25, -0.2) is 4.79 Å². The van der Waals surface area contributed by atoms with Crippen molar-refractivity contribution >= 4 is 6.09 Å². The fourth-order valence-corrected chi connectivity index (χ4v) is 0.956. The minimum atomic E-state index is -4.80. The highest BCUT2D eigenvalue weighted by atomic mass is 19.4. The predicted octanol–water partition coefficient (Wildman–Crippen LogP) is 2.17. The summed E-state index contributed by atoms with van der Waals surface area (Å²) in [5, 5.41) is 9.19. The first-order chi connectivity index (χ1) is 7.26. The summed E-state index contributed by atoms with van der Waals surface area (Å²) in [4.78, 5) is 12.1. The molecule has 7 heteroatoms. The molecule has 0 spiro atoms. The maximum Gasteiger partial charge on any atom is 0.418 e. The van der Waals surface area contributed by atoms with E-state index in [0.29, 0.717) is 11.8 Å². The molecule has 0 fully saturated rings. The van der Waals surface area contributed by atoms with Gasteiger partial charge in [-0.2, -0.15) is 13.2 Å². The van der Waals surface area contributed by atoms with Crippen molar-refractivity contribution in [1.82, 2.24) is 4.90 Å². The van der Waals surface area contributed by atoms with Gasteiger partial charge in [0.25, 0.3) is 0 Å². The zero-order chi connectivity index (χ0) is 14.1. The Morgan fingerprint density at radius 3 is 1.94 bits per heavy atom. The van der Waals surface area contributed by atoms with E-state index in [2.05, 4.69) is 0 Å². The molecule has 1 amide bonds. The lowest BCUT2D eigenvalue weighted by Gasteiger charge is -2.32. The Morgan fingerprint density at radius 1 is 1.24 bits per heavy atom. The molecule has 0 saturated carbocycles. The molecule has 1 unspecified atom stereocenters. The van der Waals surface area contributed by atoms with E-state index < -0.39 is 30.0 Å². The predicted molar refractivity (Wildman–Crippen MR) is 55.5 cm³/mol. The Balaban J connectivity index is 4.56. The van der Waals surface area contributed by atoms with Gasteiger partial charge < -0.3 is 14.7 Å². The van der Waals surface area contributed by atoms with E-state index in [-0.39, 0.29) is 0 Å². The first kappa shape index (κ1) is 16.0. The van der Waals surface area contributed by atoms with E-state index in [0.717, 1.165) is 7.05 Å². The van der Waals surface area contributed by atoms with Gasteiger partial charge in [0.05, 0.1) is 6.54 Å². The normalized spacial score (nSPS) is 16.3. The topological polar surface area (TPSA) is 49.8 Å². The second-order valence-corrected chi connectivity index (χ2v) is 5.11. The number of nitrogens with zero attached hydrogens (tertiary/aromatic N) is 1. The average Bonchev–Trinajstić information content (AvgIpc) is 1.97. The van der Waals surface area contributed by atoms with Crippen LogP contribution in [0.1, 0.15) is 27.7 Å². The van der Waals surface area contributed by atoms with Crippen molar-refractivity contribution in [2.75, 3.05) is 13.6 Å². The molecule has 4 nitrogen and oxygen atoms in total. The summed E-state index contributed by atoms with van der Waals surface area (Å²) in [7, 11) is 1.13. The molecule has 102 valence electrons. The van der Waals surface area contributed by atoms with E-state index in [1.807, 2.05) is 0 Å². The Bertz CT molecular complexity index is 282. The summed E-state index contributed by atoms with van der Waals surface area (Å²) in [6, 6.07) is 0. The second kappa shape index (κ2) is 4.72. The zero-order valence-electron chi connectivity index (χ0n) is 10.6. The quantitative estimate of drug-likeness (QED) is 0.824. The molecule has 0 aliphatic rings. The largest absolute Gasteiger partial charge is 0.444 e. The SMILES string of the molecule is CN(CC(C)(O)C(F)(F)F)C(=O)OC(C)(C)C. The van der Waals surface area contributed by atoms with Crippen LogP contribution in [-0.2, 0) is 4.74 Å². The lowest BCUT2D eigenvalue weighted by atomic mass is 10.1. The molecule has 17 heavy (non-hydrogen) atoms. The van der Waals surface area contributed by atoms with Crippen molar-refractivity contribution < 1.29 is 27.8 Å². The molecule has 0 aliphatic carbocycles. The zero-order valence-corrected chi connectivity index (χ0v) is 10.6. The van der Waals surface area contributed by atoms with Gasteiger partial charge in [0.1, 0.15) is 5.60 Å². The van der Waals surface area contributed by atoms with Gasteiger partial charge in [-0.3, -0.25) is 0 Å². The van der Waals surface area contributed by atoms with Crippen LogP contribution in [0.25, 0.3) is 0 Å². The van der Waals surface area contributed by atoms with Crippen LogP contribution in [-0.4, -0.2) is 47.1 Å². The molecule has 0 aromatic rings. The van der Waals surface area contributed by atoms with Gasteiger partial charge in [0.2, 0.25) is 0 Å². The van der Waals surface area contributed by atoms with Crippen LogP contribution in [0.5, 0.6) is 0 Å². The number of amides is 1. The Morgan fingerprint density at radius 2 is 1.65 bits per heavy atom. The van der Waals surface area contributed by atoms with E-state index >= 15 is 0 Å². The summed E-state index contributed by atoms with van der Waals surface area (Å²) in [5.74, 6) is 0. The molecule has 0 radical (unpaired) electrons. The van der Waals surface area contributed by atoms with Crippen LogP contribution in [0, 0.1) is 0 Å². The number of carbonyl (C=O) groups excluding carboxylic acids is 1. The van der Waals surface area contributed by atoms with E-state index in [1.54, 1.807) is 20.8 Å². The minimum absolute atomic E-state index is 0.605. The van der Waals surface area contributed by atoms with Crippen LogP contribution >= 0.6 is 0 Å². The van der Waals surface area contributed by atoms with Crippen LogP contribution in [0.2, 0.25) is 0 Å². The van der Waals surface area contributed by atoms with E-state index in [9.17, 15) is 23.1 Å². The van der Waals surface area contributed by atoms with Crippen molar-refractivity contribution in [3.8, 4) is 0 Å². The van der Waals surface area contributed by atoms with E-state index in [1.165, 1.54) is 0 Å². The summed E-state index contributed by atoms with van der Waals surface area (Å²) in [6.07, 6.45) is -5.72. The number of ether oxygens (including phenoxy) is 1. The molecule has 0 rings (SSSR count). The molecule has 0 heterocycles. The van der Waals surface area contributed by atoms with Crippen molar-refractivity contribution in [2.45, 2.75) is 45.1 Å². The summed E-state index contributed by atoms with van der Waals surface area (Å²) in [5.41, 5.74) is -3.76. The number of hydrogen-bond acceptors (Lipinski definition) is 3. The van der Waals surface area contributed by atoms with Gasteiger partial charge in [0, 0.05) is 7.05 Å². The van der Waals surface area contributed by atoms with Crippen molar-refractivity contribution in [3.05, 3.63) is 0 Å². The second-order valence-electron chi connectivity index (χ2n) is 5.11. The maximum atomic E-state index is 12.4. The number of hydrogen-bond donors (Lipinski definition) is 1. The maximum absolute atomic E-state index is 12.4. The number of halogens is 3. The Kier molecular flexibility index (Phi) is 4.44. The fraction of sp³-hybridized carbons (Fsp3) is 0.900. The third-order valence-electron chi connectivity index (χ3n) is 1.86. The fourth-order valence-electron chi connectivity index (χ4n) is 0.956. The van der Waals surface area contributed by atoms with Gasteiger partial charge in [-0.1, -0.05) is 0 Å². The van der Waals surface area contributed by atoms with Crippen molar-refractivity contribution in [1.29, 1.82) is 0 Å². The van der Waals surface area contributed by atoms with Crippen LogP contribution in [0.3, 0.4) is 0 Å². The van der Waals surface area contributed by atoms with Crippen LogP contribution < -0.4 is 0 Å². The summed E-state index contributed by atoms with van der Waals surface area (Å²) >= 11 is 0. The first-order valence-electron chi connectivity index (χ1n) is 4.99. The van der Waals surface area contributed by atoms with Gasteiger partial charge in [-0.15, -0.1) is 0 Å². The Hall–Kier alpha value is -0.980. The highest BCUT2D eigenvalue weighted by Crippen LogP contribution is 2.30. The number of carbonyl (C=O) groups is 1. The van der Waals surface area contributed by atoms with Crippen LogP contribution in [0.4, 0.5) is 18.0 Å². The Labute approximate surface area is 98.3 Å². The molecule has 0 aliphatic heterocycles. The third kappa shape index (κ3) is 5.25. The van der Waals surface area contributed by atoms with E-state index in [4.69, 9.17) is 4.74 Å². The first-order valence-corrected chi connectivity index (χ1v) is 4.99. The number of alkyl halides is 3. The minimum Gasteiger partial charge on any atom is -0.444 e. The standard InChI is InChI=1S/C10H18F3NO3/c1-8(2,3)17-7(15)14(5)6-9(4,16)10(11,12)13/h16H,6H2,1-5H3. The van der Waals surface area contributed by atoms with Crippen molar-refractivity contribution in [2.24, 2.45) is 0 Å². The van der Waals surface area contributed by atoms with Gasteiger partial charge in [0.15, 0.2) is 5.60 Å². The monoisotopic (exact) mass is 257 g/mol. The lowest BCUT2D eigenvalue weighted by Crippen LogP contribution is -2.52. The molecular weight excluding hydrogens is 239 g/mol. The lowest BCUT2D eigenvalue weighted by molar-refractivity contribution is -0.255. The molecule has 0 aromatic carbocycles. The summed E-state index contributed by atoms with van der Waals surface area (Å²) in [6.45, 7) is 4.52. The van der Waals surface area contributed by atoms with Crippen LogP contribution in [0.15, 0.2) is 0 Å². The molecule has 1 N–H and O–H groups in total. The van der Waals surface area contributed by atoms with Gasteiger partial charge in [-0.05, 0) is 27.7 Å². The number of likely N-dealkylation sites (N-methyl/N-ethyl adjacent to an activating group) is 1.